The van der Waals surface area contributed by atoms with Crippen LogP contribution in [0.15, 0.2) is 18.2 Å². The molecule has 0 aromatic heterocycles. The SMILES string of the molecule is C#Cc1ccc(OC(F)(F)F)c(OCC2CCOCC2)c1. The molecule has 1 aromatic carbocycles. The minimum Gasteiger partial charge on any atom is -0.489 e. The molecule has 0 atom stereocenters. The molecule has 0 spiro atoms. The Morgan fingerprint density at radius 2 is 1.95 bits per heavy atom. The van der Waals surface area contributed by atoms with Crippen molar-refractivity contribution in [2.24, 2.45) is 5.92 Å². The highest BCUT2D eigenvalue weighted by atomic mass is 19.4. The van der Waals surface area contributed by atoms with Gasteiger partial charge in [0.1, 0.15) is 0 Å². The Kier molecular flexibility index (Phi) is 4.97. The molecule has 0 radical (unpaired) electrons. The molecule has 0 bridgehead atoms. The summed E-state index contributed by atoms with van der Waals surface area (Å²) in [5.41, 5.74) is 0.437. The molecule has 1 heterocycles. The van der Waals surface area contributed by atoms with Gasteiger partial charge in [-0.15, -0.1) is 19.6 Å². The van der Waals surface area contributed by atoms with Gasteiger partial charge in [-0.1, -0.05) is 5.92 Å². The van der Waals surface area contributed by atoms with Crippen LogP contribution in [-0.2, 0) is 4.74 Å². The summed E-state index contributed by atoms with van der Waals surface area (Å²) >= 11 is 0. The third kappa shape index (κ3) is 4.87. The van der Waals surface area contributed by atoms with Gasteiger partial charge >= 0.3 is 6.36 Å². The van der Waals surface area contributed by atoms with Gasteiger partial charge in [0.25, 0.3) is 0 Å². The Labute approximate surface area is 121 Å². The van der Waals surface area contributed by atoms with Crippen LogP contribution in [0, 0.1) is 18.3 Å². The van der Waals surface area contributed by atoms with Gasteiger partial charge in [0.15, 0.2) is 11.5 Å². The molecule has 21 heavy (non-hydrogen) atoms. The highest BCUT2D eigenvalue weighted by Gasteiger charge is 2.32. The number of benzene rings is 1. The molecule has 114 valence electrons. The van der Waals surface area contributed by atoms with Gasteiger partial charge in [-0.25, -0.2) is 0 Å². The zero-order valence-corrected chi connectivity index (χ0v) is 11.3. The van der Waals surface area contributed by atoms with E-state index in [1.165, 1.54) is 18.2 Å². The molecular weight excluding hydrogens is 285 g/mol. The van der Waals surface area contributed by atoms with Crippen molar-refractivity contribution in [3.05, 3.63) is 23.8 Å². The van der Waals surface area contributed by atoms with E-state index in [1.807, 2.05) is 0 Å². The molecule has 1 fully saturated rings. The van der Waals surface area contributed by atoms with E-state index in [1.54, 1.807) is 0 Å². The lowest BCUT2D eigenvalue weighted by Gasteiger charge is -2.23. The topological polar surface area (TPSA) is 27.7 Å². The smallest absolute Gasteiger partial charge is 0.489 e. The zero-order valence-electron chi connectivity index (χ0n) is 11.3. The summed E-state index contributed by atoms with van der Waals surface area (Å²) in [5.74, 6) is 2.24. The third-order valence-corrected chi connectivity index (χ3v) is 3.15. The minimum absolute atomic E-state index is 0.00858. The van der Waals surface area contributed by atoms with Crippen molar-refractivity contribution < 1.29 is 27.4 Å². The van der Waals surface area contributed by atoms with Crippen molar-refractivity contribution in [2.75, 3.05) is 19.8 Å². The maximum absolute atomic E-state index is 12.4. The second kappa shape index (κ2) is 6.72. The molecule has 2 rings (SSSR count). The number of hydrogen-bond acceptors (Lipinski definition) is 3. The fourth-order valence-corrected chi connectivity index (χ4v) is 2.04. The van der Waals surface area contributed by atoms with E-state index in [-0.39, 0.29) is 17.4 Å². The summed E-state index contributed by atoms with van der Waals surface area (Å²) in [5, 5.41) is 0. The molecule has 1 saturated heterocycles. The summed E-state index contributed by atoms with van der Waals surface area (Å²) in [6.07, 6.45) is 2.13. The first-order valence-electron chi connectivity index (χ1n) is 6.55. The van der Waals surface area contributed by atoms with Crippen LogP contribution in [0.2, 0.25) is 0 Å². The van der Waals surface area contributed by atoms with Crippen molar-refractivity contribution in [2.45, 2.75) is 19.2 Å². The molecule has 1 aromatic rings. The number of halogens is 3. The van der Waals surface area contributed by atoms with Gasteiger partial charge < -0.3 is 14.2 Å². The molecule has 3 nitrogen and oxygen atoms in total. The van der Waals surface area contributed by atoms with E-state index in [9.17, 15) is 13.2 Å². The lowest BCUT2D eigenvalue weighted by atomic mass is 10.0. The van der Waals surface area contributed by atoms with E-state index >= 15 is 0 Å². The normalized spacial score (nSPS) is 16.3. The number of terminal acetylenes is 1. The van der Waals surface area contributed by atoms with Gasteiger partial charge in [-0.05, 0) is 37.0 Å². The first kappa shape index (κ1) is 15.5. The van der Waals surface area contributed by atoms with Crippen molar-refractivity contribution in [3.63, 3.8) is 0 Å². The zero-order chi connectivity index (χ0) is 15.3. The van der Waals surface area contributed by atoms with E-state index in [0.717, 1.165) is 12.8 Å². The van der Waals surface area contributed by atoms with E-state index < -0.39 is 6.36 Å². The lowest BCUT2D eigenvalue weighted by Crippen LogP contribution is -2.22. The summed E-state index contributed by atoms with van der Waals surface area (Å²) < 4.78 is 51.8. The number of ether oxygens (including phenoxy) is 3. The van der Waals surface area contributed by atoms with E-state index in [2.05, 4.69) is 10.7 Å². The number of alkyl halides is 3. The van der Waals surface area contributed by atoms with Crippen LogP contribution in [0.5, 0.6) is 11.5 Å². The molecule has 0 unspecified atom stereocenters. The molecule has 6 heteroatoms. The van der Waals surface area contributed by atoms with E-state index in [4.69, 9.17) is 15.9 Å². The molecule has 1 aliphatic rings. The maximum Gasteiger partial charge on any atom is 0.573 e. The van der Waals surface area contributed by atoms with Gasteiger partial charge in [0.05, 0.1) is 6.61 Å². The largest absolute Gasteiger partial charge is 0.573 e. The minimum atomic E-state index is -4.77. The number of hydrogen-bond donors (Lipinski definition) is 0. The Hall–Kier alpha value is -1.87. The Morgan fingerprint density at radius 1 is 1.24 bits per heavy atom. The molecule has 1 aliphatic heterocycles. The average molecular weight is 300 g/mol. The van der Waals surface area contributed by atoms with Crippen molar-refractivity contribution >= 4 is 0 Å². The number of rotatable bonds is 4. The second-order valence-electron chi connectivity index (χ2n) is 4.72. The molecule has 0 aliphatic carbocycles. The lowest BCUT2D eigenvalue weighted by molar-refractivity contribution is -0.275. The van der Waals surface area contributed by atoms with Gasteiger partial charge in [0.2, 0.25) is 0 Å². The van der Waals surface area contributed by atoms with Crippen LogP contribution >= 0.6 is 0 Å². The molecular formula is C15H15F3O3. The average Bonchev–Trinajstić information content (AvgIpc) is 2.46. The van der Waals surface area contributed by atoms with Crippen molar-refractivity contribution in [1.82, 2.24) is 0 Å². The van der Waals surface area contributed by atoms with Crippen LogP contribution in [0.1, 0.15) is 18.4 Å². The van der Waals surface area contributed by atoms with Crippen LogP contribution < -0.4 is 9.47 Å². The fraction of sp³-hybridized carbons (Fsp3) is 0.467. The highest BCUT2D eigenvalue weighted by molar-refractivity contribution is 5.47. The Bertz CT molecular complexity index is 514. The summed E-state index contributed by atoms with van der Waals surface area (Å²) in [4.78, 5) is 0. The molecule has 0 N–H and O–H groups in total. The van der Waals surface area contributed by atoms with Crippen LogP contribution in [0.25, 0.3) is 0 Å². The van der Waals surface area contributed by atoms with Crippen molar-refractivity contribution in [1.29, 1.82) is 0 Å². The van der Waals surface area contributed by atoms with Crippen LogP contribution in [0.3, 0.4) is 0 Å². The quantitative estimate of drug-likeness (QED) is 0.798. The van der Waals surface area contributed by atoms with Gasteiger partial charge in [-0.3, -0.25) is 0 Å². The summed E-state index contributed by atoms with van der Waals surface area (Å²) in [7, 11) is 0. The first-order valence-corrected chi connectivity index (χ1v) is 6.55. The summed E-state index contributed by atoms with van der Waals surface area (Å²) in [6, 6.07) is 3.92. The first-order chi connectivity index (χ1) is 9.98. The van der Waals surface area contributed by atoms with Crippen LogP contribution in [-0.4, -0.2) is 26.2 Å². The standard InChI is InChI=1S/C15H15F3O3/c1-2-11-3-4-13(21-15(16,17)18)14(9-11)20-10-12-5-7-19-8-6-12/h1,3-4,9,12H,5-8,10H2. The molecule has 0 saturated carbocycles. The summed E-state index contributed by atoms with van der Waals surface area (Å²) in [6.45, 7) is 1.60. The van der Waals surface area contributed by atoms with Crippen molar-refractivity contribution in [3.8, 4) is 23.8 Å². The monoisotopic (exact) mass is 300 g/mol. The third-order valence-electron chi connectivity index (χ3n) is 3.15. The maximum atomic E-state index is 12.4. The van der Waals surface area contributed by atoms with Crippen LogP contribution in [0.4, 0.5) is 13.2 Å². The second-order valence-corrected chi connectivity index (χ2v) is 4.72. The highest BCUT2D eigenvalue weighted by Crippen LogP contribution is 2.33. The predicted octanol–water partition coefficient (Wildman–Crippen LogP) is 3.37. The Balaban J connectivity index is 2.09. The van der Waals surface area contributed by atoms with Gasteiger partial charge in [-0.2, -0.15) is 0 Å². The predicted molar refractivity (Wildman–Crippen MR) is 70.1 cm³/mol. The van der Waals surface area contributed by atoms with Gasteiger partial charge in [0, 0.05) is 18.8 Å². The fourth-order valence-electron chi connectivity index (χ4n) is 2.04. The molecule has 0 amide bonds. The van der Waals surface area contributed by atoms with E-state index in [0.29, 0.717) is 25.4 Å². The Morgan fingerprint density at radius 3 is 2.57 bits per heavy atom.